The Hall–Kier alpha value is -2.51. The van der Waals surface area contributed by atoms with Crippen molar-refractivity contribution in [3.8, 4) is 12.3 Å². The summed E-state index contributed by atoms with van der Waals surface area (Å²) in [6.45, 7) is 2.84. The Labute approximate surface area is 201 Å². The first-order valence-corrected chi connectivity index (χ1v) is 10.3. The van der Waals surface area contributed by atoms with E-state index in [4.69, 9.17) is 10.8 Å². The number of anilines is 1. The second-order valence-corrected chi connectivity index (χ2v) is 7.21. The molecule has 0 radical (unpaired) electrons. The number of terminal acetylenes is 1. The molecule has 1 unspecified atom stereocenters. The maximum atomic E-state index is 12.3. The highest BCUT2D eigenvalue weighted by molar-refractivity contribution is 14.0. The molecule has 1 fully saturated rings. The fraction of sp³-hybridized carbons (Fsp3) is 0.391. The largest absolute Gasteiger partial charge is 0.468 e. The smallest absolute Gasteiger partial charge is 0.243 e. The van der Waals surface area contributed by atoms with Crippen molar-refractivity contribution >= 4 is 41.5 Å². The second kappa shape index (κ2) is 13.0. The zero-order valence-electron chi connectivity index (χ0n) is 17.8. The van der Waals surface area contributed by atoms with Crippen molar-refractivity contribution in [1.29, 1.82) is 0 Å². The number of carbonyl (C=O) groups excluding carboxylic acids is 1. The molecular weight excluding hydrogens is 505 g/mol. The molecule has 166 valence electrons. The average molecular weight is 535 g/mol. The molecule has 1 aromatic carbocycles. The van der Waals surface area contributed by atoms with Gasteiger partial charge in [-0.3, -0.25) is 14.7 Å². The number of carbonyl (C=O) groups is 1. The molecule has 1 aromatic heterocycles. The number of furan rings is 1. The van der Waals surface area contributed by atoms with Gasteiger partial charge in [0, 0.05) is 24.8 Å². The molecule has 1 aliphatic rings. The molecule has 1 aliphatic heterocycles. The number of nitrogens with one attached hydrogen (secondary N) is 3. The van der Waals surface area contributed by atoms with Crippen LogP contribution >= 0.6 is 24.0 Å². The highest BCUT2D eigenvalue weighted by Crippen LogP contribution is 2.24. The fourth-order valence-electron chi connectivity index (χ4n) is 3.59. The Morgan fingerprint density at radius 2 is 2.03 bits per heavy atom. The van der Waals surface area contributed by atoms with Gasteiger partial charge in [-0.1, -0.05) is 18.4 Å². The number of nitrogens with zero attached hydrogens (tertiary/aromatic N) is 2. The lowest BCUT2D eigenvalue weighted by Crippen LogP contribution is -2.46. The van der Waals surface area contributed by atoms with Crippen LogP contribution in [0.1, 0.15) is 36.6 Å². The monoisotopic (exact) mass is 535 g/mol. The molecular formula is C23H30IN5O2. The van der Waals surface area contributed by atoms with E-state index >= 15 is 0 Å². The Morgan fingerprint density at radius 3 is 2.71 bits per heavy atom. The minimum absolute atomic E-state index is 0. The fourth-order valence-corrected chi connectivity index (χ4v) is 3.59. The molecule has 3 N–H and O–H groups in total. The van der Waals surface area contributed by atoms with Gasteiger partial charge in [-0.05, 0) is 56.3 Å². The molecule has 1 amide bonds. The summed E-state index contributed by atoms with van der Waals surface area (Å²) in [5.74, 6) is 3.88. The Kier molecular flexibility index (Phi) is 10.4. The summed E-state index contributed by atoms with van der Waals surface area (Å²) in [7, 11) is 1.69. The third-order valence-electron chi connectivity index (χ3n) is 5.12. The summed E-state index contributed by atoms with van der Waals surface area (Å²) < 4.78 is 5.68. The van der Waals surface area contributed by atoms with Gasteiger partial charge in [0.1, 0.15) is 5.76 Å². The van der Waals surface area contributed by atoms with Gasteiger partial charge in [-0.2, -0.15) is 0 Å². The van der Waals surface area contributed by atoms with Crippen molar-refractivity contribution in [3.05, 3.63) is 54.0 Å². The van der Waals surface area contributed by atoms with Crippen LogP contribution in [0.2, 0.25) is 0 Å². The minimum atomic E-state index is -0.175. The molecule has 8 heteroatoms. The van der Waals surface area contributed by atoms with Crippen LogP contribution in [-0.4, -0.2) is 50.0 Å². The normalized spacial score (nSPS) is 15.3. The van der Waals surface area contributed by atoms with Crippen molar-refractivity contribution in [1.82, 2.24) is 15.5 Å². The van der Waals surface area contributed by atoms with Crippen LogP contribution in [0.15, 0.2) is 52.1 Å². The van der Waals surface area contributed by atoms with Gasteiger partial charge >= 0.3 is 0 Å². The van der Waals surface area contributed by atoms with Gasteiger partial charge in [0.15, 0.2) is 5.96 Å². The predicted molar refractivity (Wildman–Crippen MR) is 135 cm³/mol. The summed E-state index contributed by atoms with van der Waals surface area (Å²) in [5.41, 5.74) is 1.39. The van der Waals surface area contributed by atoms with E-state index in [1.165, 1.54) is 19.3 Å². The van der Waals surface area contributed by atoms with Crippen LogP contribution < -0.4 is 16.0 Å². The molecule has 31 heavy (non-hydrogen) atoms. The highest BCUT2D eigenvalue weighted by atomic mass is 127. The van der Waals surface area contributed by atoms with Crippen LogP contribution in [0.25, 0.3) is 0 Å². The summed E-state index contributed by atoms with van der Waals surface area (Å²) in [6, 6.07) is 11.2. The van der Waals surface area contributed by atoms with Crippen molar-refractivity contribution in [2.45, 2.75) is 25.3 Å². The topological polar surface area (TPSA) is 81.9 Å². The molecule has 2 aromatic rings. The maximum absolute atomic E-state index is 12.3. The Morgan fingerprint density at radius 1 is 1.23 bits per heavy atom. The van der Waals surface area contributed by atoms with Crippen LogP contribution in [0.3, 0.4) is 0 Å². The average Bonchev–Trinajstić information content (AvgIpc) is 3.31. The summed E-state index contributed by atoms with van der Waals surface area (Å²) in [5, 5.41) is 9.21. The number of amides is 1. The lowest BCUT2D eigenvalue weighted by atomic mass is 10.1. The van der Waals surface area contributed by atoms with E-state index in [1.807, 2.05) is 24.3 Å². The van der Waals surface area contributed by atoms with E-state index in [-0.39, 0.29) is 42.5 Å². The summed E-state index contributed by atoms with van der Waals surface area (Å²) in [4.78, 5) is 18.9. The quantitative estimate of drug-likeness (QED) is 0.220. The zero-order chi connectivity index (χ0) is 21.2. The van der Waals surface area contributed by atoms with E-state index in [2.05, 4.69) is 31.8 Å². The molecule has 0 aliphatic carbocycles. The van der Waals surface area contributed by atoms with Gasteiger partial charge in [-0.25, -0.2) is 0 Å². The standard InChI is InChI=1S/C23H29N5O2.HI/c1-3-18-9-7-10-19(15-18)27-22(29)17-26-23(24-2)25-16-20(21-11-8-14-30-21)28-12-5-4-6-13-28;/h1,7-11,14-15,20H,4-6,12-13,16-17H2,2H3,(H,27,29)(H2,24,25,26);1H. The Balaban J connectivity index is 0.00000341. The summed E-state index contributed by atoms with van der Waals surface area (Å²) >= 11 is 0. The highest BCUT2D eigenvalue weighted by Gasteiger charge is 2.24. The van der Waals surface area contributed by atoms with Crippen molar-refractivity contribution in [2.24, 2.45) is 4.99 Å². The van der Waals surface area contributed by atoms with Gasteiger partial charge in [0.05, 0.1) is 18.8 Å². The zero-order valence-corrected chi connectivity index (χ0v) is 20.1. The van der Waals surface area contributed by atoms with Crippen molar-refractivity contribution in [2.75, 3.05) is 38.5 Å². The van der Waals surface area contributed by atoms with Gasteiger partial charge < -0.3 is 20.4 Å². The number of hydrogen-bond donors (Lipinski definition) is 3. The molecule has 2 heterocycles. The summed E-state index contributed by atoms with van der Waals surface area (Å²) in [6.07, 6.45) is 10.8. The number of likely N-dealkylation sites (tertiary alicyclic amines) is 1. The number of halogens is 1. The van der Waals surface area contributed by atoms with E-state index in [0.717, 1.165) is 24.4 Å². The molecule has 0 saturated carbocycles. The number of rotatable bonds is 7. The predicted octanol–water partition coefficient (Wildman–Crippen LogP) is 3.21. The van der Waals surface area contributed by atoms with Crippen molar-refractivity contribution in [3.63, 3.8) is 0 Å². The first-order valence-electron chi connectivity index (χ1n) is 10.3. The Bertz CT molecular complexity index is 886. The number of aliphatic imine (C=N–C) groups is 1. The number of hydrogen-bond acceptors (Lipinski definition) is 4. The maximum Gasteiger partial charge on any atom is 0.243 e. The second-order valence-electron chi connectivity index (χ2n) is 7.21. The first-order chi connectivity index (χ1) is 14.7. The van der Waals surface area contributed by atoms with E-state index in [1.54, 1.807) is 25.4 Å². The van der Waals surface area contributed by atoms with E-state index in [0.29, 0.717) is 18.2 Å². The number of benzene rings is 1. The molecule has 7 nitrogen and oxygen atoms in total. The first kappa shape index (κ1) is 24.8. The molecule has 1 atom stereocenters. The lowest BCUT2D eigenvalue weighted by molar-refractivity contribution is -0.115. The SMILES string of the molecule is C#Cc1cccc(NC(=O)CNC(=NC)NCC(c2ccco2)N2CCCCC2)c1.I. The number of guanidine groups is 1. The van der Waals surface area contributed by atoms with Crippen LogP contribution in [0, 0.1) is 12.3 Å². The third kappa shape index (κ3) is 7.60. The van der Waals surface area contributed by atoms with Crippen LogP contribution in [0.4, 0.5) is 5.69 Å². The molecule has 1 saturated heterocycles. The van der Waals surface area contributed by atoms with Gasteiger partial charge in [0.25, 0.3) is 0 Å². The van der Waals surface area contributed by atoms with Crippen LogP contribution in [-0.2, 0) is 4.79 Å². The molecule has 0 spiro atoms. The lowest BCUT2D eigenvalue weighted by Gasteiger charge is -2.33. The minimum Gasteiger partial charge on any atom is -0.468 e. The van der Waals surface area contributed by atoms with Crippen LogP contribution in [0.5, 0.6) is 0 Å². The van der Waals surface area contributed by atoms with Crippen molar-refractivity contribution < 1.29 is 9.21 Å². The van der Waals surface area contributed by atoms with E-state index < -0.39 is 0 Å². The van der Waals surface area contributed by atoms with E-state index in [9.17, 15) is 4.79 Å². The molecule has 0 bridgehead atoms. The molecule has 3 rings (SSSR count). The van der Waals surface area contributed by atoms with Gasteiger partial charge in [-0.15, -0.1) is 30.4 Å². The third-order valence-corrected chi connectivity index (χ3v) is 5.12. The van der Waals surface area contributed by atoms with Gasteiger partial charge in [0.2, 0.25) is 5.91 Å². The number of piperidine rings is 1.